The minimum Gasteiger partial charge on any atom is -0.357 e. The second-order valence-corrected chi connectivity index (χ2v) is 6.79. The number of aliphatic imine (C=N–C) groups is 1. The molecule has 3 heterocycles. The van der Waals surface area contributed by atoms with Crippen LogP contribution in [0.25, 0.3) is 0 Å². The average Bonchev–Trinajstić information content (AvgIpc) is 3.12. The smallest absolute Gasteiger partial charge is 0.193 e. The fourth-order valence-corrected chi connectivity index (χ4v) is 3.39. The summed E-state index contributed by atoms with van der Waals surface area (Å²) < 4.78 is 0. The van der Waals surface area contributed by atoms with Gasteiger partial charge >= 0.3 is 0 Å². The molecule has 0 spiro atoms. The Hall–Kier alpha value is -1.05. The van der Waals surface area contributed by atoms with Crippen LogP contribution in [0.5, 0.6) is 0 Å². The molecule has 134 valence electrons. The van der Waals surface area contributed by atoms with Crippen LogP contribution in [-0.2, 0) is 6.54 Å². The highest BCUT2D eigenvalue weighted by molar-refractivity contribution is 14.0. The van der Waals surface area contributed by atoms with Gasteiger partial charge in [0.1, 0.15) is 5.82 Å². The van der Waals surface area contributed by atoms with Gasteiger partial charge in [0, 0.05) is 46.0 Å². The van der Waals surface area contributed by atoms with E-state index in [1.54, 1.807) is 0 Å². The Bertz CT molecular complexity index is 517. The van der Waals surface area contributed by atoms with Gasteiger partial charge in [-0.25, -0.2) is 4.98 Å². The summed E-state index contributed by atoms with van der Waals surface area (Å²) in [5.74, 6) is 2.97. The number of piperidine rings is 1. The molecule has 2 saturated heterocycles. The summed E-state index contributed by atoms with van der Waals surface area (Å²) in [6.07, 6.45) is 7.08. The molecule has 1 aromatic rings. The van der Waals surface area contributed by atoms with Crippen LogP contribution in [0.15, 0.2) is 23.3 Å². The zero-order valence-electron chi connectivity index (χ0n) is 14.9. The van der Waals surface area contributed by atoms with Gasteiger partial charge < -0.3 is 15.1 Å². The number of aromatic nitrogens is 1. The molecule has 2 aliphatic rings. The molecule has 0 unspecified atom stereocenters. The molecule has 1 aromatic heterocycles. The number of hydrogen-bond donors (Lipinski definition) is 1. The molecule has 0 amide bonds. The Kier molecular flexibility index (Phi) is 7.58. The van der Waals surface area contributed by atoms with Crippen LogP contribution in [0.3, 0.4) is 0 Å². The van der Waals surface area contributed by atoms with E-state index in [1.807, 2.05) is 13.2 Å². The number of halogens is 1. The van der Waals surface area contributed by atoms with E-state index in [0.717, 1.165) is 50.4 Å². The number of likely N-dealkylation sites (tertiary alicyclic amines) is 1. The number of anilines is 1. The molecule has 0 radical (unpaired) electrons. The minimum atomic E-state index is 0. The van der Waals surface area contributed by atoms with Gasteiger partial charge in [-0.1, -0.05) is 13.0 Å². The number of nitrogens with zero attached hydrogens (tertiary/aromatic N) is 4. The summed E-state index contributed by atoms with van der Waals surface area (Å²) in [5, 5.41) is 3.48. The first-order valence-corrected chi connectivity index (χ1v) is 8.92. The maximum Gasteiger partial charge on any atom is 0.193 e. The Morgan fingerprint density at radius 1 is 1.21 bits per heavy atom. The van der Waals surface area contributed by atoms with Gasteiger partial charge in [-0.3, -0.25) is 4.99 Å². The largest absolute Gasteiger partial charge is 0.357 e. The van der Waals surface area contributed by atoms with Crippen molar-refractivity contribution >= 4 is 35.8 Å². The van der Waals surface area contributed by atoms with Crippen molar-refractivity contribution in [2.75, 3.05) is 38.1 Å². The molecule has 6 heteroatoms. The minimum absolute atomic E-state index is 0. The van der Waals surface area contributed by atoms with Crippen molar-refractivity contribution in [1.82, 2.24) is 15.2 Å². The van der Waals surface area contributed by atoms with Gasteiger partial charge in [0.2, 0.25) is 0 Å². The fraction of sp³-hybridized carbons (Fsp3) is 0.667. The molecular weight excluding hydrogens is 413 g/mol. The maximum atomic E-state index is 4.62. The van der Waals surface area contributed by atoms with Gasteiger partial charge in [-0.2, -0.15) is 0 Å². The number of hydrogen-bond acceptors (Lipinski definition) is 3. The summed E-state index contributed by atoms with van der Waals surface area (Å²) in [4.78, 5) is 13.8. The van der Waals surface area contributed by atoms with Crippen molar-refractivity contribution in [3.63, 3.8) is 0 Å². The molecule has 1 N–H and O–H groups in total. The second kappa shape index (κ2) is 9.44. The molecule has 0 atom stereocenters. The van der Waals surface area contributed by atoms with E-state index in [-0.39, 0.29) is 24.0 Å². The van der Waals surface area contributed by atoms with Crippen molar-refractivity contribution in [3.05, 3.63) is 23.9 Å². The molecule has 2 fully saturated rings. The first kappa shape index (κ1) is 19.3. The lowest BCUT2D eigenvalue weighted by Gasteiger charge is -2.32. The third-order valence-electron chi connectivity index (χ3n) is 4.98. The molecule has 0 aromatic carbocycles. The summed E-state index contributed by atoms with van der Waals surface area (Å²) in [6.45, 7) is 7.61. The van der Waals surface area contributed by atoms with Crippen molar-refractivity contribution in [3.8, 4) is 0 Å². The zero-order valence-corrected chi connectivity index (χ0v) is 17.2. The van der Waals surface area contributed by atoms with Crippen molar-refractivity contribution in [2.24, 2.45) is 10.9 Å². The SMILES string of the molecule is CN=C(NCc1ccc(N2CCCC2)nc1)N1CCC(C)CC1.I. The molecule has 0 bridgehead atoms. The van der Waals surface area contributed by atoms with Crippen LogP contribution in [0.4, 0.5) is 5.82 Å². The maximum absolute atomic E-state index is 4.62. The lowest BCUT2D eigenvalue weighted by atomic mass is 10.00. The van der Waals surface area contributed by atoms with E-state index in [9.17, 15) is 0 Å². The monoisotopic (exact) mass is 443 g/mol. The molecule has 24 heavy (non-hydrogen) atoms. The van der Waals surface area contributed by atoms with E-state index in [4.69, 9.17) is 0 Å². The Balaban J connectivity index is 0.00000208. The lowest BCUT2D eigenvalue weighted by molar-refractivity contribution is 0.273. The van der Waals surface area contributed by atoms with E-state index >= 15 is 0 Å². The van der Waals surface area contributed by atoms with Crippen molar-refractivity contribution in [2.45, 2.75) is 39.2 Å². The van der Waals surface area contributed by atoms with E-state index < -0.39 is 0 Å². The van der Waals surface area contributed by atoms with Crippen LogP contribution in [0.1, 0.15) is 38.2 Å². The molecule has 0 saturated carbocycles. The predicted molar refractivity (Wildman–Crippen MR) is 111 cm³/mol. The Morgan fingerprint density at radius 2 is 1.92 bits per heavy atom. The second-order valence-electron chi connectivity index (χ2n) is 6.79. The first-order chi connectivity index (χ1) is 11.3. The standard InChI is InChI=1S/C18H29N5.HI/c1-15-7-11-23(12-8-15)18(19-2)21-14-16-5-6-17(20-13-16)22-9-3-4-10-22;/h5-6,13,15H,3-4,7-12,14H2,1-2H3,(H,19,21);1H. The van der Waals surface area contributed by atoms with E-state index in [1.165, 1.54) is 31.2 Å². The summed E-state index contributed by atoms with van der Waals surface area (Å²) in [6, 6.07) is 4.33. The first-order valence-electron chi connectivity index (χ1n) is 8.92. The average molecular weight is 443 g/mol. The summed E-state index contributed by atoms with van der Waals surface area (Å²) in [7, 11) is 1.87. The van der Waals surface area contributed by atoms with Crippen LogP contribution in [-0.4, -0.2) is 49.1 Å². The third-order valence-corrected chi connectivity index (χ3v) is 4.98. The summed E-state index contributed by atoms with van der Waals surface area (Å²) in [5.41, 5.74) is 1.21. The van der Waals surface area contributed by atoms with Crippen LogP contribution in [0.2, 0.25) is 0 Å². The lowest BCUT2D eigenvalue weighted by Crippen LogP contribution is -2.45. The van der Waals surface area contributed by atoms with Gasteiger partial charge in [0.05, 0.1) is 0 Å². The highest BCUT2D eigenvalue weighted by Gasteiger charge is 2.18. The Morgan fingerprint density at radius 3 is 2.50 bits per heavy atom. The normalized spacial score (nSPS) is 19.3. The molecule has 2 aliphatic heterocycles. The van der Waals surface area contributed by atoms with Gasteiger partial charge in [-0.05, 0) is 43.2 Å². The van der Waals surface area contributed by atoms with E-state index in [2.05, 4.69) is 44.1 Å². The quantitative estimate of drug-likeness (QED) is 0.443. The number of guanidine groups is 1. The van der Waals surface area contributed by atoms with Crippen molar-refractivity contribution in [1.29, 1.82) is 0 Å². The van der Waals surface area contributed by atoms with Crippen LogP contribution in [0, 0.1) is 5.92 Å². The molecular formula is C18H30IN5. The number of pyridine rings is 1. The fourth-order valence-electron chi connectivity index (χ4n) is 3.39. The zero-order chi connectivity index (χ0) is 16.1. The molecule has 3 rings (SSSR count). The highest BCUT2D eigenvalue weighted by Crippen LogP contribution is 2.18. The van der Waals surface area contributed by atoms with Gasteiger partial charge in [0.15, 0.2) is 5.96 Å². The number of nitrogens with one attached hydrogen (secondary N) is 1. The van der Waals surface area contributed by atoms with Gasteiger partial charge in [-0.15, -0.1) is 24.0 Å². The third kappa shape index (κ3) is 4.97. The summed E-state index contributed by atoms with van der Waals surface area (Å²) >= 11 is 0. The number of rotatable bonds is 3. The Labute approximate surface area is 162 Å². The topological polar surface area (TPSA) is 43.8 Å². The van der Waals surface area contributed by atoms with Crippen LogP contribution >= 0.6 is 24.0 Å². The molecule has 0 aliphatic carbocycles. The highest BCUT2D eigenvalue weighted by atomic mass is 127. The van der Waals surface area contributed by atoms with Gasteiger partial charge in [0.25, 0.3) is 0 Å². The predicted octanol–water partition coefficient (Wildman–Crippen LogP) is 3.11. The van der Waals surface area contributed by atoms with Crippen LogP contribution < -0.4 is 10.2 Å². The van der Waals surface area contributed by atoms with E-state index in [0.29, 0.717) is 0 Å². The molecule has 5 nitrogen and oxygen atoms in total. The van der Waals surface area contributed by atoms with Crippen molar-refractivity contribution < 1.29 is 0 Å².